The van der Waals surface area contributed by atoms with Crippen molar-refractivity contribution >= 4 is 22.0 Å². The van der Waals surface area contributed by atoms with E-state index in [4.69, 9.17) is 5.11 Å². The van der Waals surface area contributed by atoms with Gasteiger partial charge < -0.3 is 10.4 Å². The highest BCUT2D eigenvalue weighted by atomic mass is 32.1. The van der Waals surface area contributed by atoms with Crippen molar-refractivity contribution in [1.29, 1.82) is 0 Å². The van der Waals surface area contributed by atoms with Gasteiger partial charge in [0.15, 0.2) is 0 Å². The van der Waals surface area contributed by atoms with E-state index in [0.29, 0.717) is 0 Å². The van der Waals surface area contributed by atoms with Gasteiger partial charge in [-0.05, 0) is 30.7 Å². The summed E-state index contributed by atoms with van der Waals surface area (Å²) in [5.74, 6) is -0.00524. The summed E-state index contributed by atoms with van der Waals surface area (Å²) in [5, 5.41) is 14.7. The van der Waals surface area contributed by atoms with Crippen molar-refractivity contribution in [3.8, 4) is 5.75 Å². The minimum Gasteiger partial charge on any atom is -0.507 e. The number of hydrogen-bond acceptors (Lipinski definition) is 3. The molecule has 0 bridgehead atoms. The molecule has 1 aromatic carbocycles. The minimum atomic E-state index is -0.243. The van der Waals surface area contributed by atoms with E-state index in [-0.39, 0.29) is 11.6 Å². The molecular weight excluding hydrogens is 213 g/mol. The van der Waals surface area contributed by atoms with Gasteiger partial charge in [0.2, 0.25) is 0 Å². The molecular formula is C11H10FNOS. The lowest BCUT2D eigenvalue weighted by atomic mass is 10.2. The van der Waals surface area contributed by atoms with Crippen molar-refractivity contribution in [3.63, 3.8) is 0 Å². The normalized spacial score (nSPS) is 10.3. The van der Waals surface area contributed by atoms with Crippen molar-refractivity contribution in [3.05, 3.63) is 41.0 Å². The van der Waals surface area contributed by atoms with Crippen LogP contribution in [0.2, 0.25) is 0 Å². The van der Waals surface area contributed by atoms with Crippen molar-refractivity contribution in [1.82, 2.24) is 0 Å². The zero-order valence-corrected chi connectivity index (χ0v) is 8.94. The Kier molecular flexibility index (Phi) is 2.60. The van der Waals surface area contributed by atoms with E-state index in [9.17, 15) is 4.39 Å². The maximum Gasteiger partial charge on any atom is 0.128 e. The number of halogens is 1. The van der Waals surface area contributed by atoms with Crippen LogP contribution >= 0.6 is 11.3 Å². The highest BCUT2D eigenvalue weighted by Crippen LogP contribution is 2.29. The summed E-state index contributed by atoms with van der Waals surface area (Å²) in [6.07, 6.45) is 0. The molecule has 2 rings (SSSR count). The second-order valence-electron chi connectivity index (χ2n) is 3.25. The summed E-state index contributed by atoms with van der Waals surface area (Å²) >= 11 is 1.40. The zero-order chi connectivity index (χ0) is 10.8. The number of aromatic hydroxyl groups is 1. The number of anilines is 2. The molecule has 0 radical (unpaired) electrons. The quantitative estimate of drug-likeness (QED) is 0.814. The molecule has 4 heteroatoms. The summed E-state index contributed by atoms with van der Waals surface area (Å²) in [4.78, 5) is 0. The molecule has 0 unspecified atom stereocenters. The van der Waals surface area contributed by atoms with Gasteiger partial charge in [0.05, 0.1) is 5.00 Å². The first-order valence-corrected chi connectivity index (χ1v) is 5.34. The van der Waals surface area contributed by atoms with Crippen LogP contribution in [0.25, 0.3) is 0 Å². The fourth-order valence-electron chi connectivity index (χ4n) is 1.29. The lowest BCUT2D eigenvalue weighted by Crippen LogP contribution is -1.91. The van der Waals surface area contributed by atoms with Crippen LogP contribution in [0.5, 0.6) is 5.75 Å². The molecule has 0 saturated heterocycles. The fourth-order valence-corrected chi connectivity index (χ4v) is 1.97. The average molecular weight is 223 g/mol. The standard InChI is InChI=1S/C11H10FNOS/c1-7-4-8(12)2-3-10(7)13-11-5-9(14)6-15-11/h2-6,13-14H,1H3. The van der Waals surface area contributed by atoms with Crippen molar-refractivity contribution < 1.29 is 9.50 Å². The van der Waals surface area contributed by atoms with E-state index in [1.807, 2.05) is 6.92 Å². The van der Waals surface area contributed by atoms with Gasteiger partial charge in [0.25, 0.3) is 0 Å². The van der Waals surface area contributed by atoms with E-state index in [1.54, 1.807) is 17.5 Å². The molecule has 0 atom stereocenters. The Morgan fingerprint density at radius 2 is 2.13 bits per heavy atom. The van der Waals surface area contributed by atoms with Crippen LogP contribution < -0.4 is 5.32 Å². The molecule has 78 valence electrons. The highest BCUT2D eigenvalue weighted by Gasteiger charge is 2.02. The van der Waals surface area contributed by atoms with E-state index in [0.717, 1.165) is 16.3 Å². The van der Waals surface area contributed by atoms with Crippen molar-refractivity contribution in [2.75, 3.05) is 5.32 Å². The fraction of sp³-hybridized carbons (Fsp3) is 0.0909. The molecule has 0 spiro atoms. The van der Waals surface area contributed by atoms with Crippen LogP contribution in [0.3, 0.4) is 0 Å². The second-order valence-corrected chi connectivity index (χ2v) is 4.16. The predicted molar refractivity (Wildman–Crippen MR) is 60.4 cm³/mol. The molecule has 2 N–H and O–H groups in total. The monoisotopic (exact) mass is 223 g/mol. The van der Waals surface area contributed by atoms with Gasteiger partial charge in [0.1, 0.15) is 11.6 Å². The Morgan fingerprint density at radius 1 is 1.33 bits per heavy atom. The first-order chi connectivity index (χ1) is 7.15. The topological polar surface area (TPSA) is 32.3 Å². The molecule has 15 heavy (non-hydrogen) atoms. The summed E-state index contributed by atoms with van der Waals surface area (Å²) < 4.78 is 12.8. The van der Waals surface area contributed by atoms with Gasteiger partial charge in [-0.15, -0.1) is 11.3 Å². The predicted octanol–water partition coefficient (Wildman–Crippen LogP) is 3.64. The Hall–Kier alpha value is -1.55. The maximum absolute atomic E-state index is 12.8. The Bertz CT molecular complexity index is 481. The number of aryl methyl sites for hydroxylation is 1. The second kappa shape index (κ2) is 3.90. The van der Waals surface area contributed by atoms with Crippen LogP contribution in [-0.2, 0) is 0 Å². The summed E-state index contributed by atoms with van der Waals surface area (Å²) in [6.45, 7) is 1.83. The zero-order valence-electron chi connectivity index (χ0n) is 8.12. The lowest BCUT2D eigenvalue weighted by molar-refractivity contribution is 0.478. The van der Waals surface area contributed by atoms with Crippen molar-refractivity contribution in [2.45, 2.75) is 6.92 Å². The van der Waals surface area contributed by atoms with Gasteiger partial charge in [-0.25, -0.2) is 4.39 Å². The van der Waals surface area contributed by atoms with Crippen LogP contribution in [0.15, 0.2) is 29.6 Å². The highest BCUT2D eigenvalue weighted by molar-refractivity contribution is 7.14. The summed E-state index contributed by atoms with van der Waals surface area (Å²) in [6, 6.07) is 6.19. The van der Waals surface area contributed by atoms with Crippen LogP contribution in [0, 0.1) is 12.7 Å². The average Bonchev–Trinajstić information content (AvgIpc) is 2.56. The Labute approximate surface area is 91.0 Å². The van der Waals surface area contributed by atoms with Gasteiger partial charge in [-0.1, -0.05) is 0 Å². The molecule has 2 aromatic rings. The third-order valence-electron chi connectivity index (χ3n) is 2.03. The molecule has 1 heterocycles. The van der Waals surface area contributed by atoms with Gasteiger partial charge >= 0.3 is 0 Å². The van der Waals surface area contributed by atoms with Crippen LogP contribution in [0.4, 0.5) is 15.1 Å². The summed E-state index contributed by atoms with van der Waals surface area (Å²) in [5.41, 5.74) is 1.68. The number of thiophene rings is 1. The van der Waals surface area contributed by atoms with Gasteiger partial charge in [-0.2, -0.15) is 0 Å². The Morgan fingerprint density at radius 3 is 2.73 bits per heavy atom. The molecule has 2 nitrogen and oxygen atoms in total. The molecule has 0 aliphatic carbocycles. The molecule has 0 aliphatic rings. The number of nitrogens with one attached hydrogen (secondary N) is 1. The van der Waals surface area contributed by atoms with Crippen LogP contribution in [-0.4, -0.2) is 5.11 Å². The number of rotatable bonds is 2. The van der Waals surface area contributed by atoms with E-state index in [1.165, 1.54) is 23.5 Å². The minimum absolute atomic E-state index is 0.238. The third kappa shape index (κ3) is 2.27. The van der Waals surface area contributed by atoms with Crippen LogP contribution in [0.1, 0.15) is 5.56 Å². The SMILES string of the molecule is Cc1cc(F)ccc1Nc1cc(O)cs1. The molecule has 0 fully saturated rings. The first-order valence-electron chi connectivity index (χ1n) is 4.46. The molecule has 1 aromatic heterocycles. The molecule has 0 saturated carbocycles. The van der Waals surface area contributed by atoms with E-state index in [2.05, 4.69) is 5.32 Å². The molecule has 0 aliphatic heterocycles. The largest absolute Gasteiger partial charge is 0.507 e. The number of benzene rings is 1. The summed E-state index contributed by atoms with van der Waals surface area (Å²) in [7, 11) is 0. The number of hydrogen-bond donors (Lipinski definition) is 2. The first kappa shape index (κ1) is 9.98. The third-order valence-corrected chi connectivity index (χ3v) is 2.87. The lowest BCUT2D eigenvalue weighted by Gasteiger charge is -2.06. The van der Waals surface area contributed by atoms with Crippen molar-refractivity contribution in [2.24, 2.45) is 0 Å². The van der Waals surface area contributed by atoms with Gasteiger partial charge in [-0.3, -0.25) is 0 Å². The molecule has 0 amide bonds. The smallest absolute Gasteiger partial charge is 0.128 e. The maximum atomic E-state index is 12.8. The van der Waals surface area contributed by atoms with E-state index >= 15 is 0 Å². The Balaban J connectivity index is 2.24. The van der Waals surface area contributed by atoms with E-state index < -0.39 is 0 Å². The van der Waals surface area contributed by atoms with Gasteiger partial charge in [0, 0.05) is 17.1 Å².